The van der Waals surface area contributed by atoms with Crippen molar-refractivity contribution in [1.82, 2.24) is 14.8 Å². The van der Waals surface area contributed by atoms with Crippen LogP contribution in [0.5, 0.6) is 5.75 Å². The first-order chi connectivity index (χ1) is 17.5. The lowest BCUT2D eigenvalue weighted by Crippen LogP contribution is -2.37. The van der Waals surface area contributed by atoms with E-state index < -0.39 is 5.25 Å². The van der Waals surface area contributed by atoms with Gasteiger partial charge in [-0.3, -0.25) is 9.36 Å². The van der Waals surface area contributed by atoms with Gasteiger partial charge in [-0.2, -0.15) is 5.26 Å². The molecule has 36 heavy (non-hydrogen) atoms. The van der Waals surface area contributed by atoms with Gasteiger partial charge in [0.1, 0.15) is 5.75 Å². The average Bonchev–Trinajstić information content (AvgIpc) is 3.33. The predicted molar refractivity (Wildman–Crippen MR) is 142 cm³/mol. The highest BCUT2D eigenvalue weighted by Gasteiger charge is 2.26. The summed E-state index contributed by atoms with van der Waals surface area (Å²) in [5, 5.41) is 18.2. The lowest BCUT2D eigenvalue weighted by atomic mass is 10.2. The molecule has 1 amide bonds. The van der Waals surface area contributed by atoms with Crippen molar-refractivity contribution < 1.29 is 9.53 Å². The topological polar surface area (TPSA) is 84.0 Å². The number of carbonyl (C=O) groups excluding carboxylic acids is 1. The molecule has 0 saturated heterocycles. The molecule has 4 rings (SSSR count). The number of carbonyl (C=O) groups is 1. The summed E-state index contributed by atoms with van der Waals surface area (Å²) in [6, 6.07) is 27.3. The molecule has 0 aliphatic heterocycles. The maximum absolute atomic E-state index is 13.5. The normalized spacial score (nSPS) is 11.5. The molecule has 8 heteroatoms. The van der Waals surface area contributed by atoms with Crippen molar-refractivity contribution in [2.24, 2.45) is 0 Å². The Balaban J connectivity index is 1.68. The molecule has 7 nitrogen and oxygen atoms in total. The van der Waals surface area contributed by atoms with E-state index in [4.69, 9.17) is 10.00 Å². The monoisotopic (exact) mass is 497 g/mol. The molecule has 0 aliphatic carbocycles. The lowest BCUT2D eigenvalue weighted by Gasteiger charge is -2.25. The summed E-state index contributed by atoms with van der Waals surface area (Å²) in [4.78, 5) is 15.2. The first-order valence-electron chi connectivity index (χ1n) is 11.6. The van der Waals surface area contributed by atoms with Crippen LogP contribution in [0, 0.1) is 18.3 Å². The number of hydrogen-bond donors (Lipinski definition) is 0. The minimum absolute atomic E-state index is 0.0918. The molecule has 0 N–H and O–H groups in total. The minimum Gasteiger partial charge on any atom is -0.497 e. The molecule has 1 aromatic heterocycles. The van der Waals surface area contributed by atoms with Gasteiger partial charge in [0.2, 0.25) is 5.91 Å². The number of thioether (sulfide) groups is 1. The second-order valence-electron chi connectivity index (χ2n) is 8.20. The van der Waals surface area contributed by atoms with Gasteiger partial charge in [-0.1, -0.05) is 47.7 Å². The number of aromatic nitrogens is 3. The van der Waals surface area contributed by atoms with E-state index in [-0.39, 0.29) is 12.3 Å². The maximum atomic E-state index is 13.5. The number of aryl methyl sites for hydroxylation is 1. The molecule has 1 unspecified atom stereocenters. The number of nitrogens with zero attached hydrogens (tertiary/aromatic N) is 5. The summed E-state index contributed by atoms with van der Waals surface area (Å²) in [5.74, 6) is 1.34. The first-order valence-corrected chi connectivity index (χ1v) is 12.5. The zero-order valence-electron chi connectivity index (χ0n) is 20.5. The van der Waals surface area contributed by atoms with E-state index in [1.54, 1.807) is 12.0 Å². The van der Waals surface area contributed by atoms with E-state index in [2.05, 4.69) is 16.3 Å². The van der Waals surface area contributed by atoms with E-state index in [1.807, 2.05) is 97.3 Å². The van der Waals surface area contributed by atoms with Gasteiger partial charge in [-0.15, -0.1) is 10.2 Å². The third kappa shape index (κ3) is 5.58. The molecule has 0 aliphatic rings. The van der Waals surface area contributed by atoms with E-state index >= 15 is 0 Å². The van der Waals surface area contributed by atoms with Crippen molar-refractivity contribution >= 4 is 23.4 Å². The van der Waals surface area contributed by atoms with Gasteiger partial charge in [0, 0.05) is 23.5 Å². The Bertz CT molecular complexity index is 1350. The Morgan fingerprint density at radius 2 is 1.75 bits per heavy atom. The molecule has 0 spiro atoms. The van der Waals surface area contributed by atoms with Gasteiger partial charge in [-0.25, -0.2) is 0 Å². The Labute approximate surface area is 215 Å². The summed E-state index contributed by atoms with van der Waals surface area (Å²) < 4.78 is 7.26. The quantitative estimate of drug-likeness (QED) is 0.277. The molecule has 1 atom stereocenters. The van der Waals surface area contributed by atoms with E-state index in [0.29, 0.717) is 17.5 Å². The Morgan fingerprint density at radius 1 is 1.06 bits per heavy atom. The van der Waals surface area contributed by atoms with Crippen molar-refractivity contribution in [3.05, 3.63) is 84.4 Å². The molecule has 3 aromatic carbocycles. The predicted octanol–water partition coefficient (Wildman–Crippen LogP) is 5.68. The second-order valence-corrected chi connectivity index (χ2v) is 9.51. The van der Waals surface area contributed by atoms with E-state index in [0.717, 1.165) is 28.3 Å². The molecular weight excluding hydrogens is 470 g/mol. The van der Waals surface area contributed by atoms with Crippen molar-refractivity contribution in [2.45, 2.75) is 30.7 Å². The molecule has 0 bridgehead atoms. The fraction of sp³-hybridized carbons (Fsp3) is 0.214. The number of methoxy groups -OCH3 is 1. The van der Waals surface area contributed by atoms with Crippen LogP contribution in [0.4, 0.5) is 5.69 Å². The van der Waals surface area contributed by atoms with Gasteiger partial charge in [0.05, 0.1) is 24.8 Å². The molecule has 0 saturated carbocycles. The standard InChI is InChI=1S/C28H27N5O2S/c1-20-10-14-24(15-11-20)33-26(22-12-16-25(35-3)17-13-22)30-31-28(33)36-21(2)27(34)32(19-7-18-29)23-8-5-4-6-9-23/h4-6,8-17,21H,7,19H2,1-3H3. The largest absolute Gasteiger partial charge is 0.497 e. The van der Waals surface area contributed by atoms with Crippen LogP contribution in [-0.4, -0.2) is 39.6 Å². The molecule has 0 fully saturated rings. The Hall–Kier alpha value is -4.09. The highest BCUT2D eigenvalue weighted by atomic mass is 32.2. The van der Waals surface area contributed by atoms with Crippen LogP contribution in [0.2, 0.25) is 0 Å². The average molecular weight is 498 g/mol. The highest BCUT2D eigenvalue weighted by Crippen LogP contribution is 2.32. The molecule has 1 heterocycles. The summed E-state index contributed by atoms with van der Waals surface area (Å²) in [6.45, 7) is 4.22. The smallest absolute Gasteiger partial charge is 0.240 e. The molecular formula is C28H27N5O2S. The number of hydrogen-bond acceptors (Lipinski definition) is 6. The van der Waals surface area contributed by atoms with Crippen LogP contribution in [-0.2, 0) is 4.79 Å². The van der Waals surface area contributed by atoms with Crippen molar-refractivity contribution in [2.75, 3.05) is 18.6 Å². The van der Waals surface area contributed by atoms with Crippen molar-refractivity contribution in [1.29, 1.82) is 5.26 Å². The number of nitriles is 1. The van der Waals surface area contributed by atoms with Gasteiger partial charge < -0.3 is 9.64 Å². The Kier molecular flexibility index (Phi) is 8.03. The van der Waals surface area contributed by atoms with Crippen molar-refractivity contribution in [3.8, 4) is 28.9 Å². The second kappa shape index (κ2) is 11.6. The molecule has 4 aromatic rings. The minimum atomic E-state index is -0.457. The zero-order valence-corrected chi connectivity index (χ0v) is 21.3. The van der Waals surface area contributed by atoms with Gasteiger partial charge in [0.25, 0.3) is 0 Å². The van der Waals surface area contributed by atoms with Crippen LogP contribution >= 0.6 is 11.8 Å². The summed E-state index contributed by atoms with van der Waals surface area (Å²) in [5.41, 5.74) is 3.70. The highest BCUT2D eigenvalue weighted by molar-refractivity contribution is 8.00. The third-order valence-corrected chi connectivity index (χ3v) is 6.72. The first kappa shape index (κ1) is 25.0. The lowest BCUT2D eigenvalue weighted by molar-refractivity contribution is -0.117. The zero-order chi connectivity index (χ0) is 25.5. The maximum Gasteiger partial charge on any atom is 0.240 e. The summed E-state index contributed by atoms with van der Waals surface area (Å²) in [6.07, 6.45) is 0.249. The Morgan fingerprint density at radius 3 is 2.39 bits per heavy atom. The molecule has 0 radical (unpaired) electrons. The van der Waals surface area contributed by atoms with E-state index in [1.165, 1.54) is 11.8 Å². The number of amides is 1. The number of ether oxygens (including phenoxy) is 1. The number of anilines is 1. The van der Waals surface area contributed by atoms with Gasteiger partial charge in [0.15, 0.2) is 11.0 Å². The number of para-hydroxylation sites is 1. The molecule has 182 valence electrons. The third-order valence-electron chi connectivity index (χ3n) is 5.68. The van der Waals surface area contributed by atoms with Gasteiger partial charge in [-0.05, 0) is 62.4 Å². The fourth-order valence-corrected chi connectivity index (χ4v) is 4.69. The fourth-order valence-electron chi connectivity index (χ4n) is 3.76. The van der Waals surface area contributed by atoms with Crippen LogP contribution in [0.3, 0.4) is 0 Å². The number of benzene rings is 3. The summed E-state index contributed by atoms with van der Waals surface area (Å²) >= 11 is 1.35. The van der Waals surface area contributed by atoms with E-state index in [9.17, 15) is 4.79 Å². The van der Waals surface area contributed by atoms with Crippen LogP contribution in [0.25, 0.3) is 17.1 Å². The van der Waals surface area contributed by atoms with Crippen LogP contribution < -0.4 is 9.64 Å². The summed E-state index contributed by atoms with van der Waals surface area (Å²) in [7, 11) is 1.63. The number of rotatable bonds is 9. The van der Waals surface area contributed by atoms with Crippen molar-refractivity contribution in [3.63, 3.8) is 0 Å². The SMILES string of the molecule is COc1ccc(-c2nnc(SC(C)C(=O)N(CCC#N)c3ccccc3)n2-c2ccc(C)cc2)cc1. The van der Waals surface area contributed by atoms with Crippen LogP contribution in [0.1, 0.15) is 18.9 Å². The van der Waals surface area contributed by atoms with Gasteiger partial charge >= 0.3 is 0 Å². The van der Waals surface area contributed by atoms with Crippen LogP contribution in [0.15, 0.2) is 84.0 Å².